The molecular weight excluding hydrogens is 396 g/mol. The van der Waals surface area contributed by atoms with E-state index in [4.69, 9.17) is 9.47 Å². The van der Waals surface area contributed by atoms with E-state index < -0.39 is 0 Å². The van der Waals surface area contributed by atoms with Crippen LogP contribution < -0.4 is 25.7 Å². The topological polar surface area (TPSA) is 106 Å². The Morgan fingerprint density at radius 3 is 2.55 bits per heavy atom. The Kier molecular flexibility index (Phi) is 5.74. The van der Waals surface area contributed by atoms with Gasteiger partial charge in [-0.05, 0) is 36.2 Å². The summed E-state index contributed by atoms with van der Waals surface area (Å²) in [4.78, 5) is 21.4. The van der Waals surface area contributed by atoms with Gasteiger partial charge in [0.25, 0.3) is 11.3 Å². The fraction of sp³-hybridized carbons (Fsp3) is 0.227. The van der Waals surface area contributed by atoms with Crippen LogP contribution in [0.4, 0.5) is 11.6 Å². The number of para-hydroxylation sites is 1. The van der Waals surface area contributed by atoms with Crippen molar-refractivity contribution in [2.45, 2.75) is 20.0 Å². The van der Waals surface area contributed by atoms with E-state index in [9.17, 15) is 4.79 Å². The molecular formula is C22H24N6O3. The molecule has 0 bridgehead atoms. The van der Waals surface area contributed by atoms with E-state index in [1.807, 2.05) is 49.4 Å². The van der Waals surface area contributed by atoms with E-state index >= 15 is 0 Å². The van der Waals surface area contributed by atoms with Crippen molar-refractivity contribution in [1.82, 2.24) is 19.6 Å². The molecule has 160 valence electrons. The number of aryl methyl sites for hydroxylation is 1. The average Bonchev–Trinajstić information content (AvgIpc) is 3.20. The van der Waals surface area contributed by atoms with Crippen molar-refractivity contribution in [3.8, 4) is 11.5 Å². The van der Waals surface area contributed by atoms with Crippen LogP contribution in [-0.2, 0) is 13.1 Å². The molecule has 0 aliphatic heterocycles. The van der Waals surface area contributed by atoms with Gasteiger partial charge in [0.05, 0.1) is 26.5 Å². The maximum Gasteiger partial charge on any atom is 0.274 e. The summed E-state index contributed by atoms with van der Waals surface area (Å²) >= 11 is 0. The molecule has 4 aromatic rings. The quantitative estimate of drug-likeness (QED) is 0.402. The number of H-pyrrole nitrogens is 1. The van der Waals surface area contributed by atoms with E-state index in [0.717, 1.165) is 16.8 Å². The first-order valence-electron chi connectivity index (χ1n) is 9.80. The minimum absolute atomic E-state index is 0.224. The number of ether oxygens (including phenoxy) is 2. The van der Waals surface area contributed by atoms with Gasteiger partial charge in [-0.3, -0.25) is 9.89 Å². The number of nitrogens with zero attached hydrogens (tertiary/aromatic N) is 3. The Morgan fingerprint density at radius 1 is 0.968 bits per heavy atom. The van der Waals surface area contributed by atoms with Gasteiger partial charge in [-0.1, -0.05) is 24.3 Å². The zero-order chi connectivity index (χ0) is 21.8. The summed E-state index contributed by atoms with van der Waals surface area (Å²) in [7, 11) is 3.19. The molecule has 0 aliphatic rings. The highest BCUT2D eigenvalue weighted by Crippen LogP contribution is 2.27. The largest absolute Gasteiger partial charge is 0.493 e. The van der Waals surface area contributed by atoms with Gasteiger partial charge < -0.3 is 20.1 Å². The molecule has 2 aromatic heterocycles. The number of fused-ring (bicyclic) bond motifs is 1. The normalized spacial score (nSPS) is 10.8. The van der Waals surface area contributed by atoms with Crippen LogP contribution >= 0.6 is 0 Å². The number of hydrogen-bond donors (Lipinski definition) is 3. The molecule has 3 N–H and O–H groups in total. The van der Waals surface area contributed by atoms with Gasteiger partial charge in [0.1, 0.15) is 0 Å². The summed E-state index contributed by atoms with van der Waals surface area (Å²) in [6.45, 7) is 2.94. The molecule has 2 aromatic carbocycles. The monoisotopic (exact) mass is 420 g/mol. The summed E-state index contributed by atoms with van der Waals surface area (Å²) in [6, 6.07) is 15.1. The van der Waals surface area contributed by atoms with Gasteiger partial charge in [-0.15, -0.1) is 0 Å². The second-order valence-electron chi connectivity index (χ2n) is 7.00. The molecule has 0 radical (unpaired) electrons. The van der Waals surface area contributed by atoms with Crippen LogP contribution in [0.25, 0.3) is 5.78 Å². The predicted molar refractivity (Wildman–Crippen MR) is 119 cm³/mol. The lowest BCUT2D eigenvalue weighted by molar-refractivity contribution is 0.354. The van der Waals surface area contributed by atoms with Crippen molar-refractivity contribution in [2.24, 2.45) is 0 Å². The SMILES string of the molecule is COc1ccc(CNc2nc3nc(CNc4ccccc4C)cc(=O)n3[nH]2)cc1OC. The van der Waals surface area contributed by atoms with Crippen LogP contribution in [0.1, 0.15) is 16.8 Å². The van der Waals surface area contributed by atoms with Gasteiger partial charge >= 0.3 is 0 Å². The van der Waals surface area contributed by atoms with Crippen molar-refractivity contribution in [2.75, 3.05) is 24.9 Å². The van der Waals surface area contributed by atoms with Crippen molar-refractivity contribution in [3.05, 3.63) is 75.7 Å². The average molecular weight is 420 g/mol. The first-order chi connectivity index (χ1) is 15.1. The van der Waals surface area contributed by atoms with Crippen LogP contribution in [0.5, 0.6) is 11.5 Å². The lowest BCUT2D eigenvalue weighted by Gasteiger charge is -2.09. The molecule has 0 atom stereocenters. The number of anilines is 2. The molecule has 0 saturated carbocycles. The standard InChI is InChI=1S/C22H24N6O3/c1-14-6-4-5-7-17(14)23-13-16-11-20(29)28-22(25-16)26-21(27-28)24-12-15-8-9-18(30-2)19(10-15)31-3/h4-11,23H,12-13H2,1-3H3,(H2,24,25,26,27). The highest BCUT2D eigenvalue weighted by molar-refractivity contribution is 5.50. The maximum atomic E-state index is 12.5. The Balaban J connectivity index is 1.48. The highest BCUT2D eigenvalue weighted by atomic mass is 16.5. The molecule has 0 fully saturated rings. The second kappa shape index (κ2) is 8.78. The molecule has 9 heteroatoms. The fourth-order valence-corrected chi connectivity index (χ4v) is 3.23. The van der Waals surface area contributed by atoms with Gasteiger partial charge in [0, 0.05) is 18.3 Å². The second-order valence-corrected chi connectivity index (χ2v) is 7.00. The van der Waals surface area contributed by atoms with Gasteiger partial charge in [-0.25, -0.2) is 4.98 Å². The van der Waals surface area contributed by atoms with Gasteiger partial charge in [0.15, 0.2) is 11.5 Å². The Bertz CT molecular complexity index is 1260. The maximum absolute atomic E-state index is 12.5. The number of aromatic nitrogens is 4. The van der Waals surface area contributed by atoms with E-state index in [2.05, 4.69) is 25.7 Å². The van der Waals surface area contributed by atoms with Crippen LogP contribution in [-0.4, -0.2) is 33.8 Å². The van der Waals surface area contributed by atoms with Crippen LogP contribution in [0.15, 0.2) is 53.3 Å². The Morgan fingerprint density at radius 2 is 1.77 bits per heavy atom. The lowest BCUT2D eigenvalue weighted by atomic mass is 10.2. The number of rotatable bonds is 8. The molecule has 31 heavy (non-hydrogen) atoms. The van der Waals surface area contributed by atoms with Crippen molar-refractivity contribution in [3.63, 3.8) is 0 Å². The summed E-state index contributed by atoms with van der Waals surface area (Å²) in [5.74, 6) is 2.07. The molecule has 0 spiro atoms. The van der Waals surface area contributed by atoms with Gasteiger partial charge in [0.2, 0.25) is 5.95 Å². The van der Waals surface area contributed by atoms with Crippen LogP contribution in [0.2, 0.25) is 0 Å². The third-order valence-electron chi connectivity index (χ3n) is 4.90. The predicted octanol–water partition coefficient (Wildman–Crippen LogP) is 2.97. The third kappa shape index (κ3) is 4.45. The summed E-state index contributed by atoms with van der Waals surface area (Å²) in [5.41, 5.74) is 3.50. The molecule has 0 saturated heterocycles. The molecule has 4 rings (SSSR count). The summed E-state index contributed by atoms with van der Waals surface area (Å²) in [6.07, 6.45) is 0. The zero-order valence-electron chi connectivity index (χ0n) is 17.6. The van der Waals surface area contributed by atoms with Crippen LogP contribution in [0.3, 0.4) is 0 Å². The number of hydrogen-bond acceptors (Lipinski definition) is 7. The fourth-order valence-electron chi connectivity index (χ4n) is 3.23. The van der Waals surface area contributed by atoms with Crippen molar-refractivity contribution >= 4 is 17.4 Å². The van der Waals surface area contributed by atoms with Crippen molar-refractivity contribution < 1.29 is 9.47 Å². The number of nitrogens with one attached hydrogen (secondary N) is 3. The van der Waals surface area contributed by atoms with Crippen LogP contribution in [0, 0.1) is 6.92 Å². The first kappa shape index (κ1) is 20.3. The summed E-state index contributed by atoms with van der Waals surface area (Å²) < 4.78 is 11.9. The minimum atomic E-state index is -0.224. The van der Waals surface area contributed by atoms with E-state index in [1.165, 1.54) is 10.6 Å². The van der Waals surface area contributed by atoms with Gasteiger partial charge in [-0.2, -0.15) is 9.50 Å². The van der Waals surface area contributed by atoms with E-state index in [0.29, 0.717) is 42.0 Å². The molecule has 0 aliphatic carbocycles. The molecule has 2 heterocycles. The molecule has 0 unspecified atom stereocenters. The molecule has 0 amide bonds. The smallest absolute Gasteiger partial charge is 0.274 e. The zero-order valence-corrected chi connectivity index (χ0v) is 17.6. The van der Waals surface area contributed by atoms with Crippen molar-refractivity contribution in [1.29, 1.82) is 0 Å². The number of benzene rings is 2. The number of methoxy groups -OCH3 is 2. The number of aromatic amines is 1. The minimum Gasteiger partial charge on any atom is -0.493 e. The van der Waals surface area contributed by atoms with E-state index in [1.54, 1.807) is 14.2 Å². The molecule has 9 nitrogen and oxygen atoms in total. The van der Waals surface area contributed by atoms with E-state index in [-0.39, 0.29) is 5.56 Å². The summed E-state index contributed by atoms with van der Waals surface area (Å²) in [5, 5.41) is 9.42. The first-order valence-corrected chi connectivity index (χ1v) is 9.80. The Hall–Kier alpha value is -4.01. The third-order valence-corrected chi connectivity index (χ3v) is 4.90. The highest BCUT2D eigenvalue weighted by Gasteiger charge is 2.10. The lowest BCUT2D eigenvalue weighted by Crippen LogP contribution is -2.17. The Labute approximate surface area is 179 Å².